The van der Waals surface area contributed by atoms with Crippen molar-refractivity contribution < 1.29 is 14.3 Å². The van der Waals surface area contributed by atoms with Gasteiger partial charge in [0.1, 0.15) is 11.5 Å². The predicted octanol–water partition coefficient (Wildman–Crippen LogP) is 2.78. The molecule has 0 N–H and O–H groups in total. The molecule has 1 aliphatic heterocycles. The second kappa shape index (κ2) is 5.73. The van der Waals surface area contributed by atoms with Gasteiger partial charge in [0, 0.05) is 24.5 Å². The molecule has 0 spiro atoms. The van der Waals surface area contributed by atoms with Crippen molar-refractivity contribution in [3.63, 3.8) is 0 Å². The Bertz CT molecular complexity index is 676. The lowest BCUT2D eigenvalue weighted by atomic mass is 10.2. The number of hydrogen-bond donors (Lipinski definition) is 0. The van der Waals surface area contributed by atoms with Gasteiger partial charge in [0.2, 0.25) is 0 Å². The normalized spacial score (nSPS) is 13.6. The van der Waals surface area contributed by atoms with Gasteiger partial charge < -0.3 is 14.4 Å². The van der Waals surface area contributed by atoms with Crippen LogP contribution in [0.15, 0.2) is 41.1 Å². The number of halogens is 1. The zero-order valence-corrected chi connectivity index (χ0v) is 13.0. The summed E-state index contributed by atoms with van der Waals surface area (Å²) in [6, 6.07) is 7.40. The number of amides is 1. The average Bonchev–Trinajstić information content (AvgIpc) is 2.51. The number of carbonyl (C=O) groups excluding carboxylic acids is 1. The van der Waals surface area contributed by atoms with Crippen molar-refractivity contribution in [3.8, 4) is 11.5 Å². The van der Waals surface area contributed by atoms with E-state index in [0.717, 1.165) is 10.0 Å². The molecule has 0 aliphatic carbocycles. The molecule has 1 aromatic heterocycles. The van der Waals surface area contributed by atoms with Gasteiger partial charge in [0.15, 0.2) is 6.61 Å². The van der Waals surface area contributed by atoms with E-state index in [1.165, 1.54) is 0 Å². The highest BCUT2D eigenvalue weighted by Crippen LogP contribution is 2.40. The Morgan fingerprint density at radius 2 is 2.33 bits per heavy atom. The first-order valence-electron chi connectivity index (χ1n) is 6.38. The maximum absolute atomic E-state index is 12.2. The van der Waals surface area contributed by atoms with Gasteiger partial charge in [0.25, 0.3) is 5.91 Å². The van der Waals surface area contributed by atoms with Crippen LogP contribution in [-0.2, 0) is 11.3 Å². The smallest absolute Gasteiger partial charge is 0.265 e. The van der Waals surface area contributed by atoms with Gasteiger partial charge in [-0.25, -0.2) is 0 Å². The molecule has 5 nitrogen and oxygen atoms in total. The third-order valence-corrected chi connectivity index (χ3v) is 3.86. The lowest BCUT2D eigenvalue weighted by molar-refractivity contribution is -0.121. The van der Waals surface area contributed by atoms with Gasteiger partial charge in [-0.2, -0.15) is 0 Å². The molecule has 6 heteroatoms. The fraction of sp³-hybridized carbons (Fsp3) is 0.200. The van der Waals surface area contributed by atoms with E-state index in [1.54, 1.807) is 30.5 Å². The minimum atomic E-state index is -0.0873. The lowest BCUT2D eigenvalue weighted by Gasteiger charge is -2.30. The van der Waals surface area contributed by atoms with Crippen molar-refractivity contribution in [2.24, 2.45) is 0 Å². The number of carbonyl (C=O) groups is 1. The van der Waals surface area contributed by atoms with Gasteiger partial charge in [-0.15, -0.1) is 0 Å². The molecule has 1 aromatic carbocycles. The van der Waals surface area contributed by atoms with Gasteiger partial charge in [-0.1, -0.05) is 6.07 Å². The molecule has 0 saturated carbocycles. The molecule has 1 aliphatic rings. The molecule has 108 valence electrons. The predicted molar refractivity (Wildman–Crippen MR) is 81.6 cm³/mol. The van der Waals surface area contributed by atoms with Crippen molar-refractivity contribution in [1.29, 1.82) is 0 Å². The minimum absolute atomic E-state index is 0.0338. The van der Waals surface area contributed by atoms with Crippen LogP contribution in [-0.4, -0.2) is 24.6 Å². The first-order chi connectivity index (χ1) is 10.2. The van der Waals surface area contributed by atoms with Gasteiger partial charge in [-0.3, -0.25) is 9.78 Å². The monoisotopic (exact) mass is 348 g/mol. The van der Waals surface area contributed by atoms with Crippen LogP contribution in [0.3, 0.4) is 0 Å². The third-order valence-electron chi connectivity index (χ3n) is 3.24. The van der Waals surface area contributed by atoms with E-state index in [4.69, 9.17) is 9.47 Å². The van der Waals surface area contributed by atoms with Crippen LogP contribution in [0.25, 0.3) is 0 Å². The number of ether oxygens (including phenoxy) is 2. The maximum atomic E-state index is 12.2. The molecular weight excluding hydrogens is 336 g/mol. The number of nitrogens with zero attached hydrogens (tertiary/aromatic N) is 2. The van der Waals surface area contributed by atoms with Crippen molar-refractivity contribution >= 4 is 27.5 Å². The second-order valence-electron chi connectivity index (χ2n) is 4.58. The average molecular weight is 349 g/mol. The van der Waals surface area contributed by atoms with Crippen LogP contribution in [0.1, 0.15) is 5.56 Å². The summed E-state index contributed by atoms with van der Waals surface area (Å²) in [5.74, 6) is 1.23. The van der Waals surface area contributed by atoms with Gasteiger partial charge >= 0.3 is 0 Å². The van der Waals surface area contributed by atoms with E-state index < -0.39 is 0 Å². The highest BCUT2D eigenvalue weighted by Gasteiger charge is 2.27. The Morgan fingerprint density at radius 3 is 3.05 bits per heavy atom. The zero-order valence-electron chi connectivity index (χ0n) is 11.4. The van der Waals surface area contributed by atoms with E-state index >= 15 is 0 Å². The first-order valence-corrected chi connectivity index (χ1v) is 7.18. The quantitative estimate of drug-likeness (QED) is 0.855. The number of pyridine rings is 1. The number of rotatable bonds is 3. The molecule has 0 fully saturated rings. The summed E-state index contributed by atoms with van der Waals surface area (Å²) < 4.78 is 11.6. The molecule has 0 atom stereocenters. The molecule has 0 bridgehead atoms. The minimum Gasteiger partial charge on any atom is -0.495 e. The van der Waals surface area contributed by atoms with Gasteiger partial charge in [-0.05, 0) is 27.6 Å². The van der Waals surface area contributed by atoms with E-state index in [0.29, 0.717) is 23.7 Å². The Hall–Kier alpha value is -2.08. The molecule has 2 aromatic rings. The number of benzene rings is 1. The summed E-state index contributed by atoms with van der Waals surface area (Å²) in [5, 5.41) is 0. The SMILES string of the molecule is COc1cc2c(cc1Br)OCC(=O)N2Cc1cccnc1. The fourth-order valence-corrected chi connectivity index (χ4v) is 2.69. The summed E-state index contributed by atoms with van der Waals surface area (Å²) in [5.41, 5.74) is 1.66. The Labute approximate surface area is 130 Å². The molecule has 3 rings (SSSR count). The highest BCUT2D eigenvalue weighted by molar-refractivity contribution is 9.10. The zero-order chi connectivity index (χ0) is 14.8. The van der Waals surface area contributed by atoms with Crippen LogP contribution >= 0.6 is 15.9 Å². The van der Waals surface area contributed by atoms with Crippen LogP contribution in [0, 0.1) is 0 Å². The van der Waals surface area contributed by atoms with Crippen molar-refractivity contribution in [2.75, 3.05) is 18.6 Å². The van der Waals surface area contributed by atoms with Crippen LogP contribution in [0.4, 0.5) is 5.69 Å². The molecule has 2 heterocycles. The summed E-state index contributed by atoms with van der Waals surface area (Å²) in [6.07, 6.45) is 3.46. The van der Waals surface area contributed by atoms with E-state index in [-0.39, 0.29) is 12.5 Å². The first kappa shape index (κ1) is 13.9. The Morgan fingerprint density at radius 1 is 1.48 bits per heavy atom. The second-order valence-corrected chi connectivity index (χ2v) is 5.44. The number of aromatic nitrogens is 1. The standard InChI is InChI=1S/C15H13BrN2O3/c1-20-13-6-12-14(5-11(13)16)21-9-15(19)18(12)8-10-3-2-4-17-7-10/h2-7H,8-9H2,1H3. The van der Waals surface area contributed by atoms with Crippen LogP contribution < -0.4 is 14.4 Å². The lowest BCUT2D eigenvalue weighted by Crippen LogP contribution is -2.38. The van der Waals surface area contributed by atoms with E-state index in [2.05, 4.69) is 20.9 Å². The molecule has 0 radical (unpaired) electrons. The van der Waals surface area contributed by atoms with Crippen LogP contribution in [0.2, 0.25) is 0 Å². The Balaban J connectivity index is 2.00. The van der Waals surface area contributed by atoms with Crippen molar-refractivity contribution in [3.05, 3.63) is 46.7 Å². The topological polar surface area (TPSA) is 51.7 Å². The van der Waals surface area contributed by atoms with Crippen molar-refractivity contribution in [1.82, 2.24) is 4.98 Å². The summed E-state index contributed by atoms with van der Waals surface area (Å²) in [7, 11) is 1.59. The molecule has 0 saturated heterocycles. The number of hydrogen-bond acceptors (Lipinski definition) is 4. The number of methoxy groups -OCH3 is 1. The maximum Gasteiger partial charge on any atom is 0.265 e. The summed E-state index contributed by atoms with van der Waals surface area (Å²) in [4.78, 5) is 17.9. The molecular formula is C15H13BrN2O3. The van der Waals surface area contributed by atoms with Gasteiger partial charge in [0.05, 0.1) is 23.8 Å². The highest BCUT2D eigenvalue weighted by atomic mass is 79.9. The largest absolute Gasteiger partial charge is 0.495 e. The fourth-order valence-electron chi connectivity index (χ4n) is 2.21. The number of fused-ring (bicyclic) bond motifs is 1. The molecule has 0 unspecified atom stereocenters. The third kappa shape index (κ3) is 2.71. The summed E-state index contributed by atoms with van der Waals surface area (Å²) >= 11 is 3.42. The molecule has 21 heavy (non-hydrogen) atoms. The molecule has 1 amide bonds. The number of anilines is 1. The van der Waals surface area contributed by atoms with E-state index in [9.17, 15) is 4.79 Å². The van der Waals surface area contributed by atoms with Crippen LogP contribution in [0.5, 0.6) is 11.5 Å². The van der Waals surface area contributed by atoms with Crippen molar-refractivity contribution in [2.45, 2.75) is 6.54 Å². The van der Waals surface area contributed by atoms with E-state index in [1.807, 2.05) is 18.2 Å². The summed E-state index contributed by atoms with van der Waals surface area (Å²) in [6.45, 7) is 0.486. The Kier molecular flexibility index (Phi) is 3.79.